The Hall–Kier alpha value is -2.03. The van der Waals surface area contributed by atoms with Crippen LogP contribution in [0.25, 0.3) is 0 Å². The quantitative estimate of drug-likeness (QED) is 0.884. The summed E-state index contributed by atoms with van der Waals surface area (Å²) < 4.78 is 19.1. The number of rotatable bonds is 4. The number of aryl methyl sites for hydroxylation is 2. The molecule has 0 heterocycles. The molecule has 110 valence electrons. The molecule has 1 atom stereocenters. The predicted molar refractivity (Wildman–Crippen MR) is 83.4 cm³/mol. The summed E-state index contributed by atoms with van der Waals surface area (Å²) in [7, 11) is 0. The van der Waals surface area contributed by atoms with E-state index in [1.54, 1.807) is 6.07 Å². The Labute approximate surface area is 125 Å². The summed E-state index contributed by atoms with van der Waals surface area (Å²) in [6, 6.07) is 11.9. The lowest BCUT2D eigenvalue weighted by Crippen LogP contribution is -2.07. The lowest BCUT2D eigenvalue weighted by molar-refractivity contribution is 0.321. The average Bonchev–Trinajstić information content (AvgIpc) is 2.84. The molecular formula is C18H20FNO. The Balaban J connectivity index is 1.80. The van der Waals surface area contributed by atoms with Gasteiger partial charge in [-0.05, 0) is 49.9 Å². The van der Waals surface area contributed by atoms with Crippen LogP contribution in [-0.2, 0) is 6.42 Å². The average molecular weight is 285 g/mol. The molecule has 1 aliphatic carbocycles. The summed E-state index contributed by atoms with van der Waals surface area (Å²) in [6.07, 6.45) is 2.13. The first-order valence-electron chi connectivity index (χ1n) is 7.45. The second-order valence-corrected chi connectivity index (χ2v) is 5.52. The van der Waals surface area contributed by atoms with Crippen molar-refractivity contribution >= 4 is 5.69 Å². The molecule has 1 aliphatic rings. The van der Waals surface area contributed by atoms with Gasteiger partial charge in [-0.15, -0.1) is 0 Å². The number of benzene rings is 2. The number of anilines is 1. The molecule has 0 saturated heterocycles. The van der Waals surface area contributed by atoms with Crippen LogP contribution in [-0.4, -0.2) is 6.61 Å². The van der Waals surface area contributed by atoms with Crippen molar-refractivity contribution < 1.29 is 9.13 Å². The zero-order valence-electron chi connectivity index (χ0n) is 12.4. The van der Waals surface area contributed by atoms with Gasteiger partial charge < -0.3 is 10.1 Å². The monoisotopic (exact) mass is 285 g/mol. The number of halogens is 1. The van der Waals surface area contributed by atoms with Crippen LogP contribution in [0.5, 0.6) is 5.75 Å². The van der Waals surface area contributed by atoms with E-state index in [1.165, 1.54) is 22.8 Å². The Kier molecular flexibility index (Phi) is 3.82. The minimum atomic E-state index is -0.315. The summed E-state index contributed by atoms with van der Waals surface area (Å²) in [5.41, 5.74) is 4.80. The Bertz CT molecular complexity index is 654. The standard InChI is InChI=1S/C18H20FNO/c1-3-21-18-9-7-14(11-16(18)19)20-17-8-6-13-5-4-12(2)10-15(13)17/h4-5,7,9-11,17,20H,3,6,8H2,1-2H3. The van der Waals surface area contributed by atoms with Crippen LogP contribution in [0.15, 0.2) is 36.4 Å². The normalized spacial score (nSPS) is 16.6. The maximum Gasteiger partial charge on any atom is 0.167 e. The van der Waals surface area contributed by atoms with Crippen molar-refractivity contribution in [2.75, 3.05) is 11.9 Å². The Morgan fingerprint density at radius 1 is 1.24 bits per heavy atom. The van der Waals surface area contributed by atoms with Gasteiger partial charge in [0.25, 0.3) is 0 Å². The topological polar surface area (TPSA) is 21.3 Å². The molecule has 0 aliphatic heterocycles. The van der Waals surface area contributed by atoms with Gasteiger partial charge in [-0.1, -0.05) is 23.8 Å². The Morgan fingerprint density at radius 3 is 2.86 bits per heavy atom. The summed E-state index contributed by atoms with van der Waals surface area (Å²) >= 11 is 0. The third kappa shape index (κ3) is 2.87. The molecule has 1 N–H and O–H groups in total. The van der Waals surface area contributed by atoms with Crippen LogP contribution in [0, 0.1) is 12.7 Å². The molecule has 3 heteroatoms. The smallest absolute Gasteiger partial charge is 0.167 e. The van der Waals surface area contributed by atoms with E-state index < -0.39 is 0 Å². The minimum Gasteiger partial charge on any atom is -0.491 e. The van der Waals surface area contributed by atoms with Crippen molar-refractivity contribution in [3.63, 3.8) is 0 Å². The summed E-state index contributed by atoms with van der Waals surface area (Å²) in [6.45, 7) is 4.43. The highest BCUT2D eigenvalue weighted by Crippen LogP contribution is 2.35. The van der Waals surface area contributed by atoms with E-state index in [4.69, 9.17) is 4.74 Å². The molecule has 3 rings (SSSR count). The van der Waals surface area contributed by atoms with Crippen molar-refractivity contribution in [1.29, 1.82) is 0 Å². The van der Waals surface area contributed by atoms with Crippen molar-refractivity contribution in [3.8, 4) is 5.75 Å². The highest BCUT2D eigenvalue weighted by atomic mass is 19.1. The van der Waals surface area contributed by atoms with Gasteiger partial charge in [0, 0.05) is 11.8 Å². The highest BCUT2D eigenvalue weighted by molar-refractivity contribution is 5.51. The molecule has 21 heavy (non-hydrogen) atoms. The number of ether oxygens (including phenoxy) is 1. The van der Waals surface area contributed by atoms with Gasteiger partial charge in [0.05, 0.1) is 12.6 Å². The molecule has 0 bridgehead atoms. The summed E-state index contributed by atoms with van der Waals surface area (Å²) in [5.74, 6) is -0.00460. The molecule has 0 amide bonds. The number of hydrogen-bond donors (Lipinski definition) is 1. The van der Waals surface area contributed by atoms with Gasteiger partial charge in [0.2, 0.25) is 0 Å². The lowest BCUT2D eigenvalue weighted by atomic mass is 10.0. The maximum absolute atomic E-state index is 13.9. The summed E-state index contributed by atoms with van der Waals surface area (Å²) in [5, 5.41) is 3.44. The van der Waals surface area contributed by atoms with E-state index in [2.05, 4.69) is 30.4 Å². The Morgan fingerprint density at radius 2 is 2.10 bits per heavy atom. The van der Waals surface area contributed by atoms with Crippen LogP contribution in [0.2, 0.25) is 0 Å². The van der Waals surface area contributed by atoms with Crippen molar-refractivity contribution in [1.82, 2.24) is 0 Å². The second-order valence-electron chi connectivity index (χ2n) is 5.52. The largest absolute Gasteiger partial charge is 0.491 e. The fraction of sp³-hybridized carbons (Fsp3) is 0.333. The van der Waals surface area contributed by atoms with Crippen LogP contribution in [0.4, 0.5) is 10.1 Å². The molecule has 2 aromatic carbocycles. The van der Waals surface area contributed by atoms with E-state index in [0.717, 1.165) is 18.5 Å². The number of hydrogen-bond acceptors (Lipinski definition) is 2. The molecule has 0 saturated carbocycles. The van der Waals surface area contributed by atoms with Gasteiger partial charge in [-0.3, -0.25) is 0 Å². The molecule has 2 aromatic rings. The van der Waals surface area contributed by atoms with Crippen molar-refractivity contribution in [2.24, 2.45) is 0 Å². The summed E-state index contributed by atoms with van der Waals surface area (Å²) in [4.78, 5) is 0. The van der Waals surface area contributed by atoms with Gasteiger partial charge in [-0.2, -0.15) is 0 Å². The predicted octanol–water partition coefficient (Wildman–Crippen LogP) is 4.63. The van der Waals surface area contributed by atoms with Gasteiger partial charge >= 0.3 is 0 Å². The van der Waals surface area contributed by atoms with Crippen LogP contribution in [0.3, 0.4) is 0 Å². The van der Waals surface area contributed by atoms with Crippen LogP contribution in [0.1, 0.15) is 36.1 Å². The minimum absolute atomic E-state index is 0.261. The van der Waals surface area contributed by atoms with Gasteiger partial charge in [0.15, 0.2) is 11.6 Å². The molecule has 0 fully saturated rings. The molecule has 1 unspecified atom stereocenters. The van der Waals surface area contributed by atoms with Crippen molar-refractivity contribution in [3.05, 3.63) is 58.9 Å². The molecule has 0 aromatic heterocycles. The SMILES string of the molecule is CCOc1ccc(NC2CCc3ccc(C)cc32)cc1F. The first-order chi connectivity index (χ1) is 10.2. The third-order valence-electron chi connectivity index (χ3n) is 3.95. The fourth-order valence-electron chi connectivity index (χ4n) is 2.94. The zero-order valence-corrected chi connectivity index (χ0v) is 12.4. The fourth-order valence-corrected chi connectivity index (χ4v) is 2.94. The number of fused-ring (bicyclic) bond motifs is 1. The van der Waals surface area contributed by atoms with Crippen LogP contribution >= 0.6 is 0 Å². The number of nitrogens with one attached hydrogen (secondary N) is 1. The first-order valence-corrected chi connectivity index (χ1v) is 7.45. The van der Waals surface area contributed by atoms with E-state index in [9.17, 15) is 4.39 Å². The zero-order chi connectivity index (χ0) is 14.8. The second kappa shape index (κ2) is 5.76. The molecular weight excluding hydrogens is 265 g/mol. The lowest BCUT2D eigenvalue weighted by Gasteiger charge is -2.17. The molecule has 2 nitrogen and oxygen atoms in total. The van der Waals surface area contributed by atoms with E-state index in [0.29, 0.717) is 12.4 Å². The van der Waals surface area contributed by atoms with Crippen molar-refractivity contribution in [2.45, 2.75) is 32.7 Å². The van der Waals surface area contributed by atoms with Crippen LogP contribution < -0.4 is 10.1 Å². The van der Waals surface area contributed by atoms with E-state index >= 15 is 0 Å². The van der Waals surface area contributed by atoms with E-state index in [-0.39, 0.29) is 11.9 Å². The maximum atomic E-state index is 13.9. The molecule has 0 spiro atoms. The first kappa shape index (κ1) is 13.9. The third-order valence-corrected chi connectivity index (χ3v) is 3.95. The highest BCUT2D eigenvalue weighted by Gasteiger charge is 2.22. The molecule has 0 radical (unpaired) electrons. The van der Waals surface area contributed by atoms with Gasteiger partial charge in [-0.25, -0.2) is 4.39 Å². The van der Waals surface area contributed by atoms with E-state index in [1.807, 2.05) is 13.0 Å². The van der Waals surface area contributed by atoms with Gasteiger partial charge in [0.1, 0.15) is 0 Å².